The predicted molar refractivity (Wildman–Crippen MR) is 96.3 cm³/mol. The van der Waals surface area contributed by atoms with E-state index in [-0.39, 0.29) is 5.91 Å². The van der Waals surface area contributed by atoms with Crippen molar-refractivity contribution in [3.63, 3.8) is 0 Å². The molecule has 0 aliphatic carbocycles. The molecule has 0 spiro atoms. The van der Waals surface area contributed by atoms with E-state index in [4.69, 9.17) is 4.74 Å². The molecule has 1 fully saturated rings. The molecule has 25 heavy (non-hydrogen) atoms. The van der Waals surface area contributed by atoms with Crippen molar-refractivity contribution in [3.8, 4) is 11.4 Å². The number of aryl methyl sites for hydroxylation is 2. The summed E-state index contributed by atoms with van der Waals surface area (Å²) in [7, 11) is 3.72. The summed E-state index contributed by atoms with van der Waals surface area (Å²) in [5.74, 6) is 1.53. The van der Waals surface area contributed by atoms with E-state index >= 15 is 0 Å². The van der Waals surface area contributed by atoms with E-state index in [9.17, 15) is 4.79 Å². The van der Waals surface area contributed by atoms with E-state index in [0.717, 1.165) is 56.0 Å². The third kappa shape index (κ3) is 4.25. The molecule has 3 rings (SSSR count). The number of benzene rings is 1. The second-order valence-electron chi connectivity index (χ2n) is 6.69. The van der Waals surface area contributed by atoms with Gasteiger partial charge in [-0.2, -0.15) is 5.10 Å². The Kier molecular flexibility index (Phi) is 5.48. The van der Waals surface area contributed by atoms with Crippen LogP contribution in [0.1, 0.15) is 41.9 Å². The zero-order valence-electron chi connectivity index (χ0n) is 15.2. The highest BCUT2D eigenvalue weighted by Gasteiger charge is 2.17. The number of nitrogens with zero attached hydrogens (tertiary/aromatic N) is 4. The summed E-state index contributed by atoms with van der Waals surface area (Å²) >= 11 is 0. The molecular weight excluding hydrogens is 316 g/mol. The Balaban J connectivity index is 1.63. The number of rotatable bonds is 6. The number of ether oxygens (including phenoxy) is 1. The fraction of sp³-hybridized carbons (Fsp3) is 0.526. The summed E-state index contributed by atoms with van der Waals surface area (Å²) < 4.78 is 7.38. The standard InChI is InChI=1S/C19H26N4O2/c1-14-20-18(23(3)21-14)15-7-4-8-16(13-15)19(24)22(2)11-5-9-17-10-6-12-25-17/h4,7-8,13,17H,5-6,9-12H2,1-3H3/t17-/m0/s1. The van der Waals surface area contributed by atoms with Gasteiger partial charge in [-0.1, -0.05) is 12.1 Å². The van der Waals surface area contributed by atoms with Gasteiger partial charge in [0, 0.05) is 38.4 Å². The molecule has 0 radical (unpaired) electrons. The third-order valence-electron chi connectivity index (χ3n) is 4.63. The van der Waals surface area contributed by atoms with Gasteiger partial charge >= 0.3 is 0 Å². The maximum Gasteiger partial charge on any atom is 0.253 e. The Morgan fingerprint density at radius 2 is 2.28 bits per heavy atom. The van der Waals surface area contributed by atoms with Crippen LogP contribution < -0.4 is 0 Å². The van der Waals surface area contributed by atoms with Gasteiger partial charge in [0.15, 0.2) is 5.82 Å². The lowest BCUT2D eigenvalue weighted by Gasteiger charge is -2.18. The first-order valence-corrected chi connectivity index (χ1v) is 8.90. The molecule has 2 aromatic rings. The van der Waals surface area contributed by atoms with Gasteiger partial charge < -0.3 is 9.64 Å². The quantitative estimate of drug-likeness (QED) is 0.810. The number of carbonyl (C=O) groups is 1. The van der Waals surface area contributed by atoms with E-state index in [1.54, 1.807) is 9.58 Å². The largest absolute Gasteiger partial charge is 0.378 e. The number of amides is 1. The Morgan fingerprint density at radius 3 is 2.96 bits per heavy atom. The van der Waals surface area contributed by atoms with E-state index in [1.807, 2.05) is 45.3 Å². The van der Waals surface area contributed by atoms with Crippen molar-refractivity contribution in [2.24, 2.45) is 7.05 Å². The van der Waals surface area contributed by atoms with Gasteiger partial charge in [-0.15, -0.1) is 0 Å². The van der Waals surface area contributed by atoms with Gasteiger partial charge in [0.2, 0.25) is 0 Å². The number of hydrogen-bond acceptors (Lipinski definition) is 4. The fourth-order valence-corrected chi connectivity index (χ4v) is 3.31. The summed E-state index contributed by atoms with van der Waals surface area (Å²) in [6.45, 7) is 3.49. The molecular formula is C19H26N4O2. The van der Waals surface area contributed by atoms with E-state index in [2.05, 4.69) is 10.1 Å². The number of aromatic nitrogens is 3. The molecule has 6 nitrogen and oxygen atoms in total. The van der Waals surface area contributed by atoms with Crippen molar-refractivity contribution in [3.05, 3.63) is 35.7 Å². The zero-order chi connectivity index (χ0) is 17.8. The van der Waals surface area contributed by atoms with Crippen molar-refractivity contribution in [1.29, 1.82) is 0 Å². The molecule has 0 N–H and O–H groups in total. The Hall–Kier alpha value is -2.21. The van der Waals surface area contributed by atoms with Crippen LogP contribution in [0.15, 0.2) is 24.3 Å². The second-order valence-corrected chi connectivity index (χ2v) is 6.69. The summed E-state index contributed by atoms with van der Waals surface area (Å²) in [6, 6.07) is 7.60. The second kappa shape index (κ2) is 7.78. The molecule has 1 aliphatic heterocycles. The number of carbonyl (C=O) groups excluding carboxylic acids is 1. The van der Waals surface area contributed by atoms with Crippen molar-refractivity contribution in [1.82, 2.24) is 19.7 Å². The minimum Gasteiger partial charge on any atom is -0.378 e. The molecule has 1 aromatic carbocycles. The Labute approximate surface area is 148 Å². The summed E-state index contributed by atoms with van der Waals surface area (Å²) in [5, 5.41) is 4.27. The van der Waals surface area contributed by atoms with Crippen LogP contribution in [-0.2, 0) is 11.8 Å². The molecule has 0 saturated carbocycles. The van der Waals surface area contributed by atoms with Crippen LogP contribution in [0.5, 0.6) is 0 Å². The lowest BCUT2D eigenvalue weighted by Crippen LogP contribution is -2.28. The normalized spacial score (nSPS) is 17.0. The average Bonchev–Trinajstić information content (AvgIpc) is 3.23. The molecule has 1 amide bonds. The van der Waals surface area contributed by atoms with Gasteiger partial charge in [-0.25, -0.2) is 9.67 Å². The van der Waals surface area contributed by atoms with Crippen LogP contribution in [0.25, 0.3) is 11.4 Å². The van der Waals surface area contributed by atoms with Gasteiger partial charge in [0.1, 0.15) is 5.82 Å². The molecule has 0 unspecified atom stereocenters. The van der Waals surface area contributed by atoms with Crippen molar-refractivity contribution < 1.29 is 9.53 Å². The molecule has 1 aromatic heterocycles. The van der Waals surface area contributed by atoms with E-state index < -0.39 is 0 Å². The van der Waals surface area contributed by atoms with Gasteiger partial charge in [-0.05, 0) is 44.7 Å². The lowest BCUT2D eigenvalue weighted by atomic mass is 10.1. The van der Waals surface area contributed by atoms with Gasteiger partial charge in [-0.3, -0.25) is 4.79 Å². The topological polar surface area (TPSA) is 60.3 Å². The lowest BCUT2D eigenvalue weighted by molar-refractivity contribution is 0.0763. The average molecular weight is 342 g/mol. The monoisotopic (exact) mass is 342 g/mol. The minimum atomic E-state index is 0.0353. The smallest absolute Gasteiger partial charge is 0.253 e. The van der Waals surface area contributed by atoms with Gasteiger partial charge in [0.25, 0.3) is 5.91 Å². The van der Waals surface area contributed by atoms with Gasteiger partial charge in [0.05, 0.1) is 6.10 Å². The van der Waals surface area contributed by atoms with Crippen molar-refractivity contribution >= 4 is 5.91 Å². The van der Waals surface area contributed by atoms with Crippen molar-refractivity contribution in [2.75, 3.05) is 20.2 Å². The van der Waals surface area contributed by atoms with Crippen molar-refractivity contribution in [2.45, 2.75) is 38.7 Å². The highest BCUT2D eigenvalue weighted by molar-refractivity contribution is 5.95. The molecule has 2 heterocycles. The maximum atomic E-state index is 12.7. The van der Waals surface area contributed by atoms with Crippen LogP contribution in [0, 0.1) is 6.92 Å². The van der Waals surface area contributed by atoms with Crippen LogP contribution in [0.3, 0.4) is 0 Å². The SMILES string of the molecule is Cc1nc(-c2cccc(C(=O)N(C)CCC[C@H]3CCCO3)c2)n(C)n1. The fourth-order valence-electron chi connectivity index (χ4n) is 3.31. The van der Waals surface area contributed by atoms with Crippen LogP contribution >= 0.6 is 0 Å². The molecule has 1 atom stereocenters. The molecule has 134 valence electrons. The predicted octanol–water partition coefficient (Wildman–Crippen LogP) is 2.82. The first-order valence-electron chi connectivity index (χ1n) is 8.90. The van der Waals surface area contributed by atoms with Crippen LogP contribution in [0.2, 0.25) is 0 Å². The number of hydrogen-bond donors (Lipinski definition) is 0. The Bertz CT molecular complexity index is 735. The highest BCUT2D eigenvalue weighted by atomic mass is 16.5. The molecule has 0 bridgehead atoms. The molecule has 1 aliphatic rings. The highest BCUT2D eigenvalue weighted by Crippen LogP contribution is 2.20. The first kappa shape index (κ1) is 17.6. The van der Waals surface area contributed by atoms with Crippen LogP contribution in [0.4, 0.5) is 0 Å². The van der Waals surface area contributed by atoms with Crippen LogP contribution in [-0.4, -0.2) is 51.9 Å². The van der Waals surface area contributed by atoms with E-state index in [1.165, 1.54) is 0 Å². The summed E-state index contributed by atoms with van der Waals surface area (Å²) in [5.41, 5.74) is 1.58. The van der Waals surface area contributed by atoms with E-state index in [0.29, 0.717) is 11.7 Å². The molecule has 6 heteroatoms. The summed E-state index contributed by atoms with van der Waals surface area (Å²) in [4.78, 5) is 18.9. The zero-order valence-corrected chi connectivity index (χ0v) is 15.2. The third-order valence-corrected chi connectivity index (χ3v) is 4.63. The molecule has 1 saturated heterocycles. The Morgan fingerprint density at radius 1 is 1.44 bits per heavy atom. The minimum absolute atomic E-state index is 0.0353. The first-order chi connectivity index (χ1) is 12.0. The summed E-state index contributed by atoms with van der Waals surface area (Å²) in [6.07, 6.45) is 4.68. The maximum absolute atomic E-state index is 12.7.